The van der Waals surface area contributed by atoms with E-state index in [1.54, 1.807) is 12.1 Å². The molecule has 0 N–H and O–H groups in total. The molecule has 0 amide bonds. The monoisotopic (exact) mass is 684 g/mol. The van der Waals surface area contributed by atoms with Crippen molar-refractivity contribution in [3.8, 4) is 44.8 Å². The van der Waals surface area contributed by atoms with Gasteiger partial charge in [-0.2, -0.15) is 0 Å². The zero-order valence-corrected chi connectivity index (χ0v) is 28.5. The SMILES string of the molecule is Fc1ccccc1-n1c2ccccc2c2cc(-c3ccc4c(c3)-c3cc(-c5ccc6c(c5)c5ccccc5n6-c5ccccc5F)ccc3C4)ccc21. The standard InChI is InChI=1S/C49H30F2N2/c50-42-11-3-7-15-48(42)52-44-13-5-1-9-36(44)40-28-32(21-23-46(40)52)30-17-19-34-25-35-20-18-31(27-39(35)38(34)26-30)33-22-24-47-41(29-33)37-10-2-6-14-45(37)53(47)49-16-8-4-12-43(49)51/h1-24,26-29H,25H2. The fraction of sp³-hybridized carbons (Fsp3) is 0.0204. The van der Waals surface area contributed by atoms with Gasteiger partial charge in [0.25, 0.3) is 0 Å². The Hall–Kier alpha value is -6.78. The second-order valence-electron chi connectivity index (χ2n) is 14.0. The minimum Gasteiger partial charge on any atom is -0.306 e. The normalized spacial score (nSPS) is 12.3. The molecule has 10 aromatic rings. The van der Waals surface area contributed by atoms with E-state index in [4.69, 9.17) is 0 Å². The number of para-hydroxylation sites is 4. The quantitative estimate of drug-likeness (QED) is 0.175. The first-order chi connectivity index (χ1) is 26.1. The molecule has 0 aliphatic heterocycles. The van der Waals surface area contributed by atoms with E-state index >= 15 is 8.78 Å². The summed E-state index contributed by atoms with van der Waals surface area (Å²) in [5.41, 5.74) is 14.7. The Kier molecular flexibility index (Phi) is 6.41. The van der Waals surface area contributed by atoms with Crippen LogP contribution >= 0.6 is 0 Å². The predicted molar refractivity (Wildman–Crippen MR) is 214 cm³/mol. The van der Waals surface area contributed by atoms with Gasteiger partial charge < -0.3 is 9.13 Å². The van der Waals surface area contributed by atoms with Gasteiger partial charge in [-0.3, -0.25) is 0 Å². The Balaban J connectivity index is 1.01. The first-order valence-corrected chi connectivity index (χ1v) is 17.9. The van der Waals surface area contributed by atoms with E-state index in [1.807, 2.05) is 57.7 Å². The van der Waals surface area contributed by atoms with Crippen LogP contribution in [0.3, 0.4) is 0 Å². The summed E-state index contributed by atoms with van der Waals surface area (Å²) in [5.74, 6) is -0.490. The molecule has 8 aromatic carbocycles. The number of aromatic nitrogens is 2. The van der Waals surface area contributed by atoms with E-state index in [1.165, 1.54) is 34.4 Å². The number of hydrogen-bond acceptors (Lipinski definition) is 0. The van der Waals surface area contributed by atoms with Crippen LogP contribution in [0, 0.1) is 11.6 Å². The van der Waals surface area contributed by atoms with Crippen LogP contribution in [-0.2, 0) is 6.42 Å². The van der Waals surface area contributed by atoms with Crippen LogP contribution in [0.25, 0.3) is 88.4 Å². The maximum atomic E-state index is 15.1. The molecule has 2 nitrogen and oxygen atoms in total. The summed E-state index contributed by atoms with van der Waals surface area (Å²) in [6, 6.07) is 57.1. The van der Waals surface area contributed by atoms with Crippen molar-refractivity contribution in [1.82, 2.24) is 9.13 Å². The smallest absolute Gasteiger partial charge is 0.147 e. The molecule has 1 aliphatic carbocycles. The summed E-state index contributed by atoms with van der Waals surface area (Å²) in [6.07, 6.45) is 0.898. The second kappa shape index (κ2) is 11.4. The van der Waals surface area contributed by atoms with Crippen LogP contribution in [0.4, 0.5) is 8.78 Å². The highest BCUT2D eigenvalue weighted by Crippen LogP contribution is 2.43. The second-order valence-corrected chi connectivity index (χ2v) is 14.0. The zero-order valence-electron chi connectivity index (χ0n) is 28.5. The van der Waals surface area contributed by atoms with E-state index in [-0.39, 0.29) is 11.6 Å². The average molecular weight is 685 g/mol. The summed E-state index contributed by atoms with van der Waals surface area (Å²) < 4.78 is 34.3. The molecule has 0 radical (unpaired) electrons. The van der Waals surface area contributed by atoms with Gasteiger partial charge in [0.2, 0.25) is 0 Å². The molecule has 0 saturated heterocycles. The highest BCUT2D eigenvalue weighted by Gasteiger charge is 2.22. The number of fused-ring (bicyclic) bond motifs is 9. The lowest BCUT2D eigenvalue weighted by Crippen LogP contribution is -1.97. The van der Waals surface area contributed by atoms with Crippen LogP contribution < -0.4 is 0 Å². The largest absolute Gasteiger partial charge is 0.306 e. The Morgan fingerprint density at radius 3 is 1.19 bits per heavy atom. The molecule has 2 aromatic heterocycles. The lowest BCUT2D eigenvalue weighted by molar-refractivity contribution is 0.620. The Bertz CT molecular complexity index is 2920. The summed E-state index contributed by atoms with van der Waals surface area (Å²) in [7, 11) is 0. The molecular weight excluding hydrogens is 655 g/mol. The highest BCUT2D eigenvalue weighted by molar-refractivity contribution is 6.11. The van der Waals surface area contributed by atoms with Crippen LogP contribution in [0.5, 0.6) is 0 Å². The summed E-state index contributed by atoms with van der Waals surface area (Å²) in [5, 5.41) is 4.38. The number of hydrogen-bond donors (Lipinski definition) is 0. The Morgan fingerprint density at radius 2 is 0.717 bits per heavy atom. The maximum absolute atomic E-state index is 15.1. The summed E-state index contributed by atoms with van der Waals surface area (Å²) in [4.78, 5) is 0. The Labute approximate surface area is 304 Å². The molecule has 2 heterocycles. The molecule has 53 heavy (non-hydrogen) atoms. The van der Waals surface area contributed by atoms with Crippen molar-refractivity contribution in [2.45, 2.75) is 6.42 Å². The van der Waals surface area contributed by atoms with Crippen LogP contribution in [-0.4, -0.2) is 9.13 Å². The predicted octanol–water partition coefficient (Wildman–Crippen LogP) is 13.1. The van der Waals surface area contributed by atoms with Gasteiger partial charge in [0.05, 0.1) is 33.4 Å². The summed E-state index contributed by atoms with van der Waals surface area (Å²) in [6.45, 7) is 0. The maximum Gasteiger partial charge on any atom is 0.147 e. The van der Waals surface area contributed by atoms with Crippen molar-refractivity contribution >= 4 is 43.6 Å². The third-order valence-corrected chi connectivity index (χ3v) is 11.1. The van der Waals surface area contributed by atoms with Gasteiger partial charge in [-0.1, -0.05) is 97.1 Å². The molecule has 0 spiro atoms. The van der Waals surface area contributed by atoms with E-state index < -0.39 is 0 Å². The molecule has 4 heteroatoms. The average Bonchev–Trinajstić information content (AvgIpc) is 3.85. The Morgan fingerprint density at radius 1 is 0.340 bits per heavy atom. The zero-order chi connectivity index (χ0) is 35.2. The third kappa shape index (κ3) is 4.49. The number of halogens is 2. The van der Waals surface area contributed by atoms with E-state index in [0.29, 0.717) is 11.4 Å². The molecule has 0 unspecified atom stereocenters. The molecule has 1 aliphatic rings. The molecule has 250 valence electrons. The van der Waals surface area contributed by atoms with Gasteiger partial charge >= 0.3 is 0 Å². The van der Waals surface area contributed by atoms with Gasteiger partial charge in [-0.15, -0.1) is 0 Å². The molecule has 0 bridgehead atoms. The minimum absolute atomic E-state index is 0.245. The molecule has 11 rings (SSSR count). The highest BCUT2D eigenvalue weighted by atomic mass is 19.1. The molecule has 0 saturated carbocycles. The minimum atomic E-state index is -0.245. The van der Waals surface area contributed by atoms with E-state index in [0.717, 1.165) is 72.3 Å². The van der Waals surface area contributed by atoms with Crippen LogP contribution in [0.1, 0.15) is 11.1 Å². The fourth-order valence-electron chi connectivity index (χ4n) is 8.62. The van der Waals surface area contributed by atoms with Crippen molar-refractivity contribution in [3.63, 3.8) is 0 Å². The van der Waals surface area contributed by atoms with Gasteiger partial charge in [0.15, 0.2) is 0 Å². The van der Waals surface area contributed by atoms with Crippen LogP contribution in [0.15, 0.2) is 170 Å². The van der Waals surface area contributed by atoms with Gasteiger partial charge in [0, 0.05) is 21.5 Å². The van der Waals surface area contributed by atoms with Crippen molar-refractivity contribution in [2.75, 3.05) is 0 Å². The summed E-state index contributed by atoms with van der Waals surface area (Å²) >= 11 is 0. The molecule has 0 fully saturated rings. The number of nitrogens with zero attached hydrogens (tertiary/aromatic N) is 2. The first kappa shape index (κ1) is 29.9. The first-order valence-electron chi connectivity index (χ1n) is 17.9. The number of benzene rings is 8. The lowest BCUT2D eigenvalue weighted by Gasteiger charge is -2.11. The van der Waals surface area contributed by atoms with Crippen molar-refractivity contribution in [3.05, 3.63) is 193 Å². The third-order valence-electron chi connectivity index (χ3n) is 11.1. The molecule has 0 atom stereocenters. The van der Waals surface area contributed by atoms with Gasteiger partial charge in [0.1, 0.15) is 11.6 Å². The van der Waals surface area contributed by atoms with Crippen LogP contribution in [0.2, 0.25) is 0 Å². The fourth-order valence-corrected chi connectivity index (χ4v) is 8.62. The van der Waals surface area contributed by atoms with E-state index in [2.05, 4.69) is 97.1 Å². The lowest BCUT2D eigenvalue weighted by atomic mass is 9.95. The van der Waals surface area contributed by atoms with Crippen molar-refractivity contribution in [1.29, 1.82) is 0 Å². The van der Waals surface area contributed by atoms with Gasteiger partial charge in [-0.25, -0.2) is 8.78 Å². The topological polar surface area (TPSA) is 9.86 Å². The number of rotatable bonds is 4. The van der Waals surface area contributed by atoms with E-state index in [9.17, 15) is 0 Å². The van der Waals surface area contributed by atoms with Crippen molar-refractivity contribution in [2.24, 2.45) is 0 Å². The van der Waals surface area contributed by atoms with Gasteiger partial charge in [-0.05, 0) is 124 Å². The van der Waals surface area contributed by atoms with Crippen molar-refractivity contribution < 1.29 is 8.78 Å². The molecular formula is C49H30F2N2.